The van der Waals surface area contributed by atoms with E-state index in [1.165, 1.54) is 19.3 Å². The summed E-state index contributed by atoms with van der Waals surface area (Å²) in [6.07, 6.45) is 5.00. The van der Waals surface area contributed by atoms with Gasteiger partial charge in [-0.2, -0.15) is 0 Å². The third-order valence-corrected chi connectivity index (χ3v) is 5.17. The average molecular weight is 267 g/mol. The highest BCUT2D eigenvalue weighted by Gasteiger charge is 2.35. The largest absolute Gasteiger partial charge is 0.356 e. The molecule has 4 heteroatoms. The monoisotopic (exact) mass is 266 g/mol. The molecule has 0 radical (unpaired) electrons. The van der Waals surface area contributed by atoms with E-state index in [1.807, 2.05) is 18.2 Å². The van der Waals surface area contributed by atoms with Gasteiger partial charge in [-0.3, -0.25) is 0 Å². The number of hydrogen-bond acceptors (Lipinski definition) is 3. The molecule has 1 aliphatic rings. The lowest BCUT2D eigenvalue weighted by Gasteiger charge is -2.41. The topological polar surface area (TPSA) is 24.9 Å². The van der Waals surface area contributed by atoms with Crippen molar-refractivity contribution < 1.29 is 0 Å². The first-order chi connectivity index (χ1) is 8.22. The first kappa shape index (κ1) is 11.3. The molecule has 0 spiro atoms. The maximum absolute atomic E-state index is 6.17. The van der Waals surface area contributed by atoms with Crippen molar-refractivity contribution in [2.45, 2.75) is 38.1 Å². The summed E-state index contributed by atoms with van der Waals surface area (Å²) in [6, 6.07) is 5.89. The van der Waals surface area contributed by atoms with Crippen molar-refractivity contribution in [3.05, 3.63) is 23.2 Å². The predicted molar refractivity (Wildman–Crippen MR) is 75.1 cm³/mol. The van der Waals surface area contributed by atoms with E-state index in [4.69, 9.17) is 11.6 Å². The number of anilines is 1. The fourth-order valence-electron chi connectivity index (χ4n) is 2.37. The molecule has 1 N–H and O–H groups in total. The molecule has 1 aromatic heterocycles. The summed E-state index contributed by atoms with van der Waals surface area (Å²) in [5.74, 6) is 0. The summed E-state index contributed by atoms with van der Waals surface area (Å²) < 4.78 is 1.09. The fourth-order valence-corrected chi connectivity index (χ4v) is 3.64. The molecule has 2 nitrogen and oxygen atoms in total. The third-order valence-electron chi connectivity index (χ3n) is 3.73. The van der Waals surface area contributed by atoms with Crippen LogP contribution in [0.1, 0.15) is 32.6 Å². The van der Waals surface area contributed by atoms with Crippen molar-refractivity contribution in [3.8, 4) is 0 Å². The number of thiazole rings is 1. The van der Waals surface area contributed by atoms with E-state index in [2.05, 4.69) is 17.2 Å². The van der Waals surface area contributed by atoms with Crippen LogP contribution >= 0.6 is 22.9 Å². The maximum atomic E-state index is 6.17. The molecule has 1 heterocycles. The Morgan fingerprint density at radius 1 is 1.47 bits per heavy atom. The minimum Gasteiger partial charge on any atom is -0.356 e. The smallest absolute Gasteiger partial charge is 0.184 e. The summed E-state index contributed by atoms with van der Waals surface area (Å²) in [6.45, 7) is 2.24. The molecule has 0 aliphatic heterocycles. The summed E-state index contributed by atoms with van der Waals surface area (Å²) in [5.41, 5.74) is 1.29. The van der Waals surface area contributed by atoms with Gasteiger partial charge >= 0.3 is 0 Å². The molecule has 2 aromatic rings. The molecule has 1 fully saturated rings. The van der Waals surface area contributed by atoms with Crippen molar-refractivity contribution in [2.75, 3.05) is 5.32 Å². The van der Waals surface area contributed by atoms with E-state index in [1.54, 1.807) is 11.3 Å². The van der Waals surface area contributed by atoms with Gasteiger partial charge in [-0.05, 0) is 37.8 Å². The Labute approximate surface area is 110 Å². The SMILES string of the molecule is CCC1(Nc2nc3cccc(Cl)c3s2)CCC1. The minimum absolute atomic E-state index is 0.292. The van der Waals surface area contributed by atoms with Crippen LogP contribution in [0.3, 0.4) is 0 Å². The Morgan fingerprint density at radius 3 is 2.88 bits per heavy atom. The Hall–Kier alpha value is -0.800. The molecule has 1 saturated carbocycles. The highest BCUT2D eigenvalue weighted by atomic mass is 35.5. The van der Waals surface area contributed by atoms with Crippen molar-refractivity contribution in [2.24, 2.45) is 0 Å². The number of hydrogen-bond donors (Lipinski definition) is 1. The van der Waals surface area contributed by atoms with Crippen LogP contribution in [-0.4, -0.2) is 10.5 Å². The fraction of sp³-hybridized carbons (Fsp3) is 0.462. The summed E-state index contributed by atoms with van der Waals surface area (Å²) in [5, 5.41) is 5.41. The number of aromatic nitrogens is 1. The van der Waals surface area contributed by atoms with Gasteiger partial charge in [0.2, 0.25) is 0 Å². The number of fused-ring (bicyclic) bond motifs is 1. The zero-order valence-corrected chi connectivity index (χ0v) is 11.4. The zero-order valence-electron chi connectivity index (χ0n) is 9.79. The molecule has 90 valence electrons. The molecule has 0 unspecified atom stereocenters. The van der Waals surface area contributed by atoms with Crippen LogP contribution in [0, 0.1) is 0 Å². The Balaban J connectivity index is 1.93. The molecular weight excluding hydrogens is 252 g/mol. The minimum atomic E-state index is 0.292. The Morgan fingerprint density at radius 2 is 2.29 bits per heavy atom. The molecular formula is C13H15ClN2S. The van der Waals surface area contributed by atoms with Gasteiger partial charge in [0, 0.05) is 5.54 Å². The normalized spacial score (nSPS) is 18.0. The summed E-state index contributed by atoms with van der Waals surface area (Å²) in [4.78, 5) is 4.61. The van der Waals surface area contributed by atoms with E-state index >= 15 is 0 Å². The van der Waals surface area contributed by atoms with Crippen LogP contribution in [0.25, 0.3) is 10.2 Å². The van der Waals surface area contributed by atoms with Crippen molar-refractivity contribution in [1.82, 2.24) is 4.98 Å². The highest BCUT2D eigenvalue weighted by molar-refractivity contribution is 7.22. The lowest BCUT2D eigenvalue weighted by Crippen LogP contribution is -2.44. The lowest BCUT2D eigenvalue weighted by molar-refractivity contribution is 0.269. The number of nitrogens with zero attached hydrogens (tertiary/aromatic N) is 1. The van der Waals surface area contributed by atoms with Crippen molar-refractivity contribution in [1.29, 1.82) is 0 Å². The Kier molecular flexibility index (Phi) is 2.75. The average Bonchev–Trinajstić information content (AvgIpc) is 2.68. The Bertz CT molecular complexity index is 540. The quantitative estimate of drug-likeness (QED) is 0.871. The molecule has 3 rings (SSSR count). The maximum Gasteiger partial charge on any atom is 0.184 e. The summed E-state index contributed by atoms with van der Waals surface area (Å²) >= 11 is 7.83. The predicted octanol–water partition coefficient (Wildman–Crippen LogP) is 4.69. The molecule has 0 atom stereocenters. The second-order valence-corrected chi connectivity index (χ2v) is 6.13. The van der Waals surface area contributed by atoms with Crippen LogP contribution in [-0.2, 0) is 0 Å². The number of nitrogens with one attached hydrogen (secondary N) is 1. The van der Waals surface area contributed by atoms with Gasteiger partial charge in [0.25, 0.3) is 0 Å². The lowest BCUT2D eigenvalue weighted by atomic mass is 9.75. The van der Waals surface area contributed by atoms with Gasteiger partial charge in [-0.25, -0.2) is 4.98 Å². The third kappa shape index (κ3) is 1.91. The van der Waals surface area contributed by atoms with Crippen LogP contribution in [0.5, 0.6) is 0 Å². The molecule has 17 heavy (non-hydrogen) atoms. The van der Waals surface area contributed by atoms with Gasteiger partial charge in [0.1, 0.15) is 0 Å². The van der Waals surface area contributed by atoms with Gasteiger partial charge in [-0.15, -0.1) is 0 Å². The molecule has 1 aliphatic carbocycles. The van der Waals surface area contributed by atoms with Crippen LogP contribution in [0.15, 0.2) is 18.2 Å². The molecule has 1 aromatic carbocycles. The van der Waals surface area contributed by atoms with Crippen LogP contribution < -0.4 is 5.32 Å². The number of rotatable bonds is 3. The van der Waals surface area contributed by atoms with E-state index < -0.39 is 0 Å². The molecule has 0 saturated heterocycles. The number of benzene rings is 1. The van der Waals surface area contributed by atoms with Crippen LogP contribution in [0.4, 0.5) is 5.13 Å². The van der Waals surface area contributed by atoms with Gasteiger partial charge in [0.15, 0.2) is 5.13 Å². The van der Waals surface area contributed by atoms with Gasteiger partial charge < -0.3 is 5.32 Å². The van der Waals surface area contributed by atoms with Crippen molar-refractivity contribution in [3.63, 3.8) is 0 Å². The molecule has 0 bridgehead atoms. The zero-order chi connectivity index (χ0) is 11.9. The second-order valence-electron chi connectivity index (χ2n) is 4.72. The van der Waals surface area contributed by atoms with E-state index in [0.717, 1.165) is 26.8 Å². The first-order valence-electron chi connectivity index (χ1n) is 6.06. The highest BCUT2D eigenvalue weighted by Crippen LogP contribution is 2.40. The molecule has 0 amide bonds. The van der Waals surface area contributed by atoms with Gasteiger partial charge in [0.05, 0.1) is 15.2 Å². The standard InChI is InChI=1S/C13H15ClN2S/c1-2-13(7-4-8-13)16-12-15-10-6-3-5-9(14)11(10)17-12/h3,5-6H,2,4,7-8H2,1H3,(H,15,16). The van der Waals surface area contributed by atoms with Crippen LogP contribution in [0.2, 0.25) is 5.02 Å². The van der Waals surface area contributed by atoms with Gasteiger partial charge in [-0.1, -0.05) is 35.9 Å². The first-order valence-corrected chi connectivity index (χ1v) is 7.25. The second kappa shape index (κ2) is 4.14. The van der Waals surface area contributed by atoms with E-state index in [9.17, 15) is 0 Å². The van der Waals surface area contributed by atoms with E-state index in [-0.39, 0.29) is 0 Å². The van der Waals surface area contributed by atoms with Crippen molar-refractivity contribution >= 4 is 38.3 Å². The number of halogens is 1. The van der Waals surface area contributed by atoms with E-state index in [0.29, 0.717) is 5.54 Å². The summed E-state index contributed by atoms with van der Waals surface area (Å²) in [7, 11) is 0.